The standard InChI is InChI=1S/C21H18N4O/c26-24-19-13-8-9-21(10-13)11-15-14(6-7-16-20(15)23-25-22-16)18(21)17(19)12-4-2-1-3-5-12/h1-7,13,26H,8-11H2,(H,22,23,25)/t13-,21+/m1/s1. The Hall–Kier alpha value is -2.95. The molecule has 0 aliphatic heterocycles. The van der Waals surface area contributed by atoms with Gasteiger partial charge in [-0.25, -0.2) is 0 Å². The Morgan fingerprint density at radius 1 is 1.15 bits per heavy atom. The molecule has 128 valence electrons. The summed E-state index contributed by atoms with van der Waals surface area (Å²) < 4.78 is 0. The topological polar surface area (TPSA) is 74.2 Å². The fraction of sp³-hybridized carbons (Fsp3) is 0.286. The maximum atomic E-state index is 9.87. The Morgan fingerprint density at radius 3 is 2.88 bits per heavy atom. The number of nitrogens with one attached hydrogen (secondary N) is 1. The van der Waals surface area contributed by atoms with Gasteiger partial charge in [-0.05, 0) is 54.0 Å². The van der Waals surface area contributed by atoms with E-state index in [-0.39, 0.29) is 5.41 Å². The van der Waals surface area contributed by atoms with Gasteiger partial charge >= 0.3 is 0 Å². The highest BCUT2D eigenvalue weighted by Gasteiger charge is 2.54. The molecular weight excluding hydrogens is 324 g/mol. The monoisotopic (exact) mass is 342 g/mol. The molecule has 5 nitrogen and oxygen atoms in total. The summed E-state index contributed by atoms with van der Waals surface area (Å²) in [5, 5.41) is 25.0. The van der Waals surface area contributed by atoms with Gasteiger partial charge in [0, 0.05) is 16.9 Å². The maximum Gasteiger partial charge on any atom is 0.116 e. The van der Waals surface area contributed by atoms with Crippen LogP contribution in [0.25, 0.3) is 22.2 Å². The number of aromatic amines is 1. The summed E-state index contributed by atoms with van der Waals surface area (Å²) in [6, 6.07) is 14.6. The van der Waals surface area contributed by atoms with Crippen LogP contribution in [0.5, 0.6) is 0 Å². The fourth-order valence-electron chi connectivity index (χ4n) is 5.60. The number of hydrogen-bond donors (Lipinski definition) is 2. The molecule has 3 aliphatic rings. The first-order valence-electron chi connectivity index (χ1n) is 9.16. The fourth-order valence-corrected chi connectivity index (χ4v) is 5.60. The zero-order valence-electron chi connectivity index (χ0n) is 14.2. The number of hydrogen-bond acceptors (Lipinski definition) is 4. The van der Waals surface area contributed by atoms with Crippen LogP contribution in [0.1, 0.15) is 36.0 Å². The molecule has 1 fully saturated rings. The van der Waals surface area contributed by atoms with E-state index in [9.17, 15) is 5.21 Å². The van der Waals surface area contributed by atoms with Gasteiger partial charge in [-0.2, -0.15) is 0 Å². The predicted octanol–water partition coefficient (Wildman–Crippen LogP) is 4.06. The Balaban J connectivity index is 1.74. The van der Waals surface area contributed by atoms with E-state index in [1.165, 1.54) is 16.7 Å². The van der Waals surface area contributed by atoms with E-state index < -0.39 is 0 Å². The molecule has 3 aromatic rings. The summed E-state index contributed by atoms with van der Waals surface area (Å²) >= 11 is 0. The Labute approximate surface area is 150 Å². The number of nitrogens with zero attached hydrogens (tertiary/aromatic N) is 3. The first-order valence-corrected chi connectivity index (χ1v) is 9.16. The van der Waals surface area contributed by atoms with Crippen LogP contribution in [0.4, 0.5) is 0 Å². The zero-order valence-corrected chi connectivity index (χ0v) is 14.2. The van der Waals surface area contributed by atoms with Crippen molar-refractivity contribution in [2.24, 2.45) is 16.5 Å². The van der Waals surface area contributed by atoms with Crippen LogP contribution < -0.4 is 0 Å². The van der Waals surface area contributed by atoms with Gasteiger partial charge in [0.2, 0.25) is 0 Å². The van der Waals surface area contributed by atoms with Crippen molar-refractivity contribution in [3.8, 4) is 0 Å². The second kappa shape index (κ2) is 4.81. The lowest BCUT2D eigenvalue weighted by molar-refractivity contribution is 0.314. The SMILES string of the molecule is ON=C1C(c2ccccc2)=C2c3ccc4[nH]nnc4c3C[C@@]23CC[C@@H]1C3. The van der Waals surface area contributed by atoms with Gasteiger partial charge in [0.05, 0.1) is 11.2 Å². The zero-order chi connectivity index (χ0) is 17.3. The van der Waals surface area contributed by atoms with Crippen molar-refractivity contribution in [3.05, 3.63) is 59.2 Å². The highest BCUT2D eigenvalue weighted by atomic mass is 16.4. The summed E-state index contributed by atoms with van der Waals surface area (Å²) in [6.45, 7) is 0. The molecule has 2 N–H and O–H groups in total. The molecule has 0 saturated heterocycles. The lowest BCUT2D eigenvalue weighted by atomic mass is 9.69. The molecule has 1 aromatic heterocycles. The Kier molecular flexibility index (Phi) is 2.64. The lowest BCUT2D eigenvalue weighted by Gasteiger charge is -2.34. The predicted molar refractivity (Wildman–Crippen MR) is 99.8 cm³/mol. The normalized spacial score (nSPS) is 28.0. The van der Waals surface area contributed by atoms with Crippen molar-refractivity contribution in [2.75, 3.05) is 0 Å². The molecule has 0 unspecified atom stereocenters. The third-order valence-electron chi connectivity index (χ3n) is 6.59. The van der Waals surface area contributed by atoms with Crippen LogP contribution in [0.3, 0.4) is 0 Å². The quantitative estimate of drug-likeness (QED) is 0.517. The van der Waals surface area contributed by atoms with E-state index in [0.717, 1.165) is 53.6 Å². The molecule has 1 heterocycles. The van der Waals surface area contributed by atoms with E-state index in [1.54, 1.807) is 0 Å². The third kappa shape index (κ3) is 1.63. The van der Waals surface area contributed by atoms with Crippen LogP contribution in [0.2, 0.25) is 0 Å². The third-order valence-corrected chi connectivity index (χ3v) is 6.59. The van der Waals surface area contributed by atoms with Gasteiger partial charge in [-0.1, -0.05) is 46.8 Å². The average molecular weight is 342 g/mol. The first-order chi connectivity index (χ1) is 12.8. The Bertz CT molecular complexity index is 1110. The molecule has 26 heavy (non-hydrogen) atoms. The van der Waals surface area contributed by atoms with Crippen LogP contribution in [0, 0.1) is 11.3 Å². The highest BCUT2D eigenvalue weighted by Crippen LogP contribution is 2.64. The van der Waals surface area contributed by atoms with Crippen molar-refractivity contribution in [1.29, 1.82) is 0 Å². The average Bonchev–Trinajstić information content (AvgIpc) is 3.37. The number of H-pyrrole nitrogens is 1. The first kappa shape index (κ1) is 14.2. The molecule has 1 spiro atoms. The van der Waals surface area contributed by atoms with Crippen molar-refractivity contribution in [1.82, 2.24) is 15.4 Å². The molecule has 3 aliphatic carbocycles. The van der Waals surface area contributed by atoms with Gasteiger partial charge in [-0.3, -0.25) is 5.10 Å². The van der Waals surface area contributed by atoms with Gasteiger partial charge in [-0.15, -0.1) is 5.10 Å². The summed E-state index contributed by atoms with van der Waals surface area (Å²) in [7, 11) is 0. The number of allylic oxidation sites excluding steroid dienone is 2. The van der Waals surface area contributed by atoms with Crippen LogP contribution in [-0.4, -0.2) is 26.3 Å². The summed E-state index contributed by atoms with van der Waals surface area (Å²) in [5.74, 6) is 0.334. The second-order valence-corrected chi connectivity index (χ2v) is 7.80. The number of benzene rings is 2. The largest absolute Gasteiger partial charge is 0.411 e. The number of aromatic nitrogens is 3. The smallest absolute Gasteiger partial charge is 0.116 e. The highest BCUT2D eigenvalue weighted by molar-refractivity contribution is 6.33. The van der Waals surface area contributed by atoms with E-state index in [4.69, 9.17) is 0 Å². The van der Waals surface area contributed by atoms with Gasteiger partial charge in [0.1, 0.15) is 5.52 Å². The molecule has 0 amide bonds. The van der Waals surface area contributed by atoms with Gasteiger partial charge in [0.25, 0.3) is 0 Å². The van der Waals surface area contributed by atoms with E-state index in [0.29, 0.717) is 5.92 Å². The molecule has 0 radical (unpaired) electrons. The molecule has 1 saturated carbocycles. The minimum Gasteiger partial charge on any atom is -0.411 e. The second-order valence-electron chi connectivity index (χ2n) is 7.80. The number of rotatable bonds is 1. The summed E-state index contributed by atoms with van der Waals surface area (Å²) in [4.78, 5) is 0. The maximum absolute atomic E-state index is 9.87. The lowest BCUT2D eigenvalue weighted by Crippen LogP contribution is -2.27. The molecule has 2 bridgehead atoms. The van der Waals surface area contributed by atoms with E-state index in [1.807, 2.05) is 6.07 Å². The van der Waals surface area contributed by atoms with Gasteiger partial charge in [0.15, 0.2) is 0 Å². The molecule has 2 aromatic carbocycles. The molecular formula is C21H18N4O. The molecule has 5 heteroatoms. The van der Waals surface area contributed by atoms with Crippen LogP contribution >= 0.6 is 0 Å². The van der Waals surface area contributed by atoms with Gasteiger partial charge < -0.3 is 5.21 Å². The van der Waals surface area contributed by atoms with Crippen molar-refractivity contribution in [3.63, 3.8) is 0 Å². The molecule has 6 rings (SSSR count). The van der Waals surface area contributed by atoms with Crippen molar-refractivity contribution < 1.29 is 5.21 Å². The number of fused-ring (bicyclic) bond motifs is 5. The van der Waals surface area contributed by atoms with Crippen LogP contribution in [0.15, 0.2) is 47.6 Å². The summed E-state index contributed by atoms with van der Waals surface area (Å²) in [5.41, 5.74) is 9.13. The minimum absolute atomic E-state index is 0.138. The van der Waals surface area contributed by atoms with Crippen LogP contribution in [-0.2, 0) is 6.42 Å². The minimum atomic E-state index is 0.138. The summed E-state index contributed by atoms with van der Waals surface area (Å²) in [6.07, 6.45) is 4.28. The Morgan fingerprint density at radius 2 is 2.04 bits per heavy atom. The van der Waals surface area contributed by atoms with Crippen molar-refractivity contribution >= 4 is 27.9 Å². The number of oxime groups is 1. The molecule has 2 atom stereocenters. The van der Waals surface area contributed by atoms with E-state index in [2.05, 4.69) is 57.0 Å². The van der Waals surface area contributed by atoms with E-state index >= 15 is 0 Å². The van der Waals surface area contributed by atoms with Crippen molar-refractivity contribution in [2.45, 2.75) is 25.7 Å².